The molecule has 7 heteroatoms. The van der Waals surface area contributed by atoms with Crippen molar-refractivity contribution in [3.8, 4) is 0 Å². The highest BCUT2D eigenvalue weighted by molar-refractivity contribution is 6.31. The molecule has 0 spiro atoms. The largest absolute Gasteiger partial charge is 0.421 e. The number of carbonyl (C=O) groups excluding carboxylic acids is 1. The molecular formula is C15H12ClN3O3. The predicted octanol–water partition coefficient (Wildman–Crippen LogP) is 2.59. The molecule has 1 N–H and O–H groups in total. The number of carbonyl (C=O) groups is 1. The molecule has 0 saturated carbocycles. The van der Waals surface area contributed by atoms with Gasteiger partial charge in [-0.05, 0) is 36.8 Å². The third-order valence-electron chi connectivity index (χ3n) is 3.20. The molecule has 0 radical (unpaired) electrons. The molecule has 0 aliphatic carbocycles. The first-order chi connectivity index (χ1) is 10.5. The van der Waals surface area contributed by atoms with Crippen molar-refractivity contribution in [3.63, 3.8) is 0 Å². The van der Waals surface area contributed by atoms with Gasteiger partial charge in [-0.15, -0.1) is 0 Å². The van der Waals surface area contributed by atoms with Crippen molar-refractivity contribution in [2.45, 2.75) is 13.5 Å². The van der Waals surface area contributed by atoms with Crippen molar-refractivity contribution < 1.29 is 9.21 Å². The summed E-state index contributed by atoms with van der Waals surface area (Å²) < 4.78 is 6.22. The molecule has 0 atom stereocenters. The van der Waals surface area contributed by atoms with Gasteiger partial charge >= 0.3 is 5.76 Å². The number of oxazole rings is 1. The van der Waals surface area contributed by atoms with Crippen LogP contribution >= 0.6 is 11.6 Å². The molecular weight excluding hydrogens is 306 g/mol. The van der Waals surface area contributed by atoms with Gasteiger partial charge in [-0.25, -0.2) is 14.3 Å². The molecule has 3 rings (SSSR count). The van der Waals surface area contributed by atoms with Gasteiger partial charge in [0.2, 0.25) is 5.91 Å². The zero-order valence-electron chi connectivity index (χ0n) is 11.7. The fraction of sp³-hybridized carbons (Fsp3) is 0.133. The monoisotopic (exact) mass is 317 g/mol. The van der Waals surface area contributed by atoms with E-state index in [-0.39, 0.29) is 12.5 Å². The second-order valence-corrected chi connectivity index (χ2v) is 5.22. The summed E-state index contributed by atoms with van der Waals surface area (Å²) in [5.41, 5.74) is 2.16. The van der Waals surface area contributed by atoms with Crippen molar-refractivity contribution in [3.05, 3.63) is 57.7 Å². The zero-order valence-corrected chi connectivity index (χ0v) is 12.4. The molecule has 3 aromatic rings. The minimum atomic E-state index is -0.619. The predicted molar refractivity (Wildman–Crippen MR) is 83.1 cm³/mol. The number of nitrogens with zero attached hydrogens (tertiary/aromatic N) is 2. The summed E-state index contributed by atoms with van der Waals surface area (Å²) in [7, 11) is 0. The van der Waals surface area contributed by atoms with Crippen LogP contribution in [0.2, 0.25) is 5.02 Å². The van der Waals surface area contributed by atoms with E-state index in [1.54, 1.807) is 30.3 Å². The van der Waals surface area contributed by atoms with Crippen LogP contribution in [-0.4, -0.2) is 15.5 Å². The lowest BCUT2D eigenvalue weighted by molar-refractivity contribution is -0.116. The quantitative estimate of drug-likeness (QED) is 0.805. The van der Waals surface area contributed by atoms with E-state index < -0.39 is 5.76 Å². The number of aryl methyl sites for hydroxylation is 1. The van der Waals surface area contributed by atoms with Crippen molar-refractivity contribution >= 4 is 34.4 Å². The average molecular weight is 318 g/mol. The second-order valence-electron chi connectivity index (χ2n) is 4.79. The van der Waals surface area contributed by atoms with E-state index >= 15 is 0 Å². The minimum Gasteiger partial charge on any atom is -0.406 e. The van der Waals surface area contributed by atoms with Gasteiger partial charge in [-0.2, -0.15) is 0 Å². The first kappa shape index (κ1) is 14.3. The van der Waals surface area contributed by atoms with Gasteiger partial charge in [0.25, 0.3) is 0 Å². The van der Waals surface area contributed by atoms with Gasteiger partial charge < -0.3 is 9.73 Å². The number of hydrogen-bond donors (Lipinski definition) is 1. The fourth-order valence-corrected chi connectivity index (χ4v) is 2.27. The number of aromatic nitrogens is 2. The first-order valence-electron chi connectivity index (χ1n) is 6.55. The maximum absolute atomic E-state index is 12.2. The molecule has 2 aromatic heterocycles. The van der Waals surface area contributed by atoms with Crippen LogP contribution in [0.15, 0.2) is 45.7 Å². The lowest BCUT2D eigenvalue weighted by Gasteiger charge is -2.08. The Bertz CT molecular complexity index is 914. The normalized spacial score (nSPS) is 10.8. The summed E-state index contributed by atoms with van der Waals surface area (Å²) >= 11 is 5.91. The highest BCUT2D eigenvalue weighted by atomic mass is 35.5. The Morgan fingerprint density at radius 2 is 2.23 bits per heavy atom. The fourth-order valence-electron chi connectivity index (χ4n) is 2.10. The van der Waals surface area contributed by atoms with E-state index in [9.17, 15) is 9.59 Å². The summed E-state index contributed by atoms with van der Waals surface area (Å²) in [5, 5.41) is 3.25. The molecule has 22 heavy (non-hydrogen) atoms. The van der Waals surface area contributed by atoms with Gasteiger partial charge in [0, 0.05) is 16.9 Å². The molecule has 0 unspecified atom stereocenters. The topological polar surface area (TPSA) is 77.1 Å². The van der Waals surface area contributed by atoms with Crippen molar-refractivity contribution in [1.29, 1.82) is 0 Å². The Labute approximate surface area is 130 Å². The third-order valence-corrected chi connectivity index (χ3v) is 3.43. The van der Waals surface area contributed by atoms with Crippen LogP contribution in [0, 0.1) is 6.92 Å². The van der Waals surface area contributed by atoms with Gasteiger partial charge in [0.05, 0.1) is 0 Å². The number of nitrogens with one attached hydrogen (secondary N) is 1. The van der Waals surface area contributed by atoms with E-state index in [0.717, 1.165) is 5.56 Å². The number of benzene rings is 1. The highest BCUT2D eigenvalue weighted by Crippen LogP contribution is 2.20. The van der Waals surface area contributed by atoms with Crippen LogP contribution in [-0.2, 0) is 11.3 Å². The molecule has 0 aliphatic heterocycles. The van der Waals surface area contributed by atoms with Crippen molar-refractivity contribution in [2.75, 3.05) is 5.32 Å². The lowest BCUT2D eigenvalue weighted by atomic mass is 10.2. The Hall–Kier alpha value is -2.60. The Morgan fingerprint density at radius 3 is 3.05 bits per heavy atom. The second kappa shape index (κ2) is 5.65. The molecule has 6 nitrogen and oxygen atoms in total. The molecule has 0 aliphatic rings. The van der Waals surface area contributed by atoms with E-state index in [2.05, 4.69) is 10.3 Å². The Balaban J connectivity index is 1.86. The number of amides is 1. The molecule has 0 saturated heterocycles. The van der Waals surface area contributed by atoms with Crippen LogP contribution in [0.5, 0.6) is 0 Å². The van der Waals surface area contributed by atoms with E-state index in [4.69, 9.17) is 16.0 Å². The molecule has 112 valence electrons. The van der Waals surface area contributed by atoms with E-state index in [0.29, 0.717) is 21.9 Å². The maximum Gasteiger partial charge on any atom is 0.421 e. The lowest BCUT2D eigenvalue weighted by Crippen LogP contribution is -2.25. The standard InChI is InChI=1S/C15H12ClN3O3/c1-9-4-5-10(16)7-11(9)18-13(20)8-19-14-12(22-15(19)21)3-2-6-17-14/h2-7H,8H2,1H3,(H,18,20). The van der Waals surface area contributed by atoms with Crippen LogP contribution in [0.4, 0.5) is 5.69 Å². The summed E-state index contributed by atoms with van der Waals surface area (Å²) in [4.78, 5) is 28.0. The minimum absolute atomic E-state index is 0.186. The first-order valence-corrected chi connectivity index (χ1v) is 6.93. The number of hydrogen-bond acceptors (Lipinski definition) is 4. The van der Waals surface area contributed by atoms with Crippen LogP contribution in [0.1, 0.15) is 5.56 Å². The Morgan fingerprint density at radius 1 is 1.41 bits per heavy atom. The average Bonchev–Trinajstić information content (AvgIpc) is 2.79. The molecule has 1 aromatic carbocycles. The number of pyridine rings is 1. The van der Waals surface area contributed by atoms with Gasteiger partial charge in [0.1, 0.15) is 6.54 Å². The SMILES string of the molecule is Cc1ccc(Cl)cc1NC(=O)Cn1c(=O)oc2cccnc21. The van der Waals surface area contributed by atoms with Crippen LogP contribution < -0.4 is 11.1 Å². The molecule has 1 amide bonds. The van der Waals surface area contributed by atoms with Gasteiger partial charge in [-0.1, -0.05) is 17.7 Å². The number of rotatable bonds is 3. The van der Waals surface area contributed by atoms with E-state index in [1.165, 1.54) is 10.8 Å². The third kappa shape index (κ3) is 2.73. The molecule has 0 bridgehead atoms. The summed E-state index contributed by atoms with van der Waals surface area (Å²) in [6, 6.07) is 8.48. The van der Waals surface area contributed by atoms with Crippen molar-refractivity contribution in [1.82, 2.24) is 9.55 Å². The molecule has 2 heterocycles. The summed E-state index contributed by atoms with van der Waals surface area (Å²) in [6.45, 7) is 1.67. The number of halogens is 1. The highest BCUT2D eigenvalue weighted by Gasteiger charge is 2.14. The van der Waals surface area contributed by atoms with Crippen LogP contribution in [0.25, 0.3) is 11.2 Å². The van der Waals surface area contributed by atoms with Gasteiger partial charge in [0.15, 0.2) is 11.2 Å². The Kier molecular flexibility index (Phi) is 3.68. The molecule has 0 fully saturated rings. The summed E-state index contributed by atoms with van der Waals surface area (Å²) in [6.07, 6.45) is 1.53. The van der Waals surface area contributed by atoms with Gasteiger partial charge in [-0.3, -0.25) is 4.79 Å². The number of fused-ring (bicyclic) bond motifs is 1. The van der Waals surface area contributed by atoms with E-state index in [1.807, 2.05) is 6.92 Å². The number of anilines is 1. The zero-order chi connectivity index (χ0) is 15.7. The van der Waals surface area contributed by atoms with Crippen LogP contribution in [0.3, 0.4) is 0 Å². The maximum atomic E-state index is 12.2. The smallest absolute Gasteiger partial charge is 0.406 e. The summed E-state index contributed by atoms with van der Waals surface area (Å²) in [5.74, 6) is -0.979. The van der Waals surface area contributed by atoms with Crippen molar-refractivity contribution in [2.24, 2.45) is 0 Å².